The highest BCUT2D eigenvalue weighted by molar-refractivity contribution is 7.15. The number of carbonyl (C=O) groups excluding carboxylic acids is 1. The summed E-state index contributed by atoms with van der Waals surface area (Å²) in [6, 6.07) is 4.91. The van der Waals surface area contributed by atoms with Crippen molar-refractivity contribution in [3.8, 4) is 6.07 Å². The first-order valence-electron chi connectivity index (χ1n) is 11.7. The predicted molar refractivity (Wildman–Crippen MR) is 147 cm³/mol. The molecule has 13 heteroatoms. The van der Waals surface area contributed by atoms with Crippen molar-refractivity contribution < 1.29 is 19.4 Å². The quantitative estimate of drug-likeness (QED) is 0.241. The van der Waals surface area contributed by atoms with Gasteiger partial charge >= 0.3 is 0 Å². The van der Waals surface area contributed by atoms with Gasteiger partial charge in [-0.1, -0.05) is 36.8 Å². The molecule has 0 fully saturated rings. The van der Waals surface area contributed by atoms with Crippen LogP contribution in [0.25, 0.3) is 0 Å². The second-order valence-electron chi connectivity index (χ2n) is 8.95. The molecule has 3 aromatic heterocycles. The maximum Gasteiger partial charge on any atom is 0.255 e. The van der Waals surface area contributed by atoms with Crippen LogP contribution in [0.2, 0.25) is 5.02 Å². The SMILES string of the molecule is CC.CC(C)(O)c1cnc(Nc2cc(Nc3ncc(C#N)cc3Cl)ncc2C(=O)NC[C@@H](F)C(C)(C)O)s1. The summed E-state index contributed by atoms with van der Waals surface area (Å²) in [7, 11) is 0. The molecule has 1 amide bonds. The monoisotopic (exact) mass is 563 g/mol. The van der Waals surface area contributed by atoms with Gasteiger partial charge in [-0.15, -0.1) is 0 Å². The molecule has 0 aromatic carbocycles. The molecule has 0 spiro atoms. The van der Waals surface area contributed by atoms with Gasteiger partial charge in [-0.05, 0) is 33.8 Å². The standard InChI is InChI=1S/C23H25ClFN7O3S.C2H6/c1-22(2,34)16(25)10-29-20(33)13-9-27-18(32-19-14(24)5-12(7-26)8-28-19)6-15(13)31-21-30-11-17(36-21)23(3,4)35;1-2/h5-6,8-9,11,16,34-35H,10H2,1-4H3,(H,29,33)(H2,27,28,30,31,32);1-2H3/t16-;/m1./s1. The summed E-state index contributed by atoms with van der Waals surface area (Å²) in [5.74, 6) is -0.111. The number of anilines is 4. The maximum absolute atomic E-state index is 14.2. The Kier molecular flexibility index (Phi) is 10.5. The predicted octanol–water partition coefficient (Wildman–Crippen LogP) is 5.04. The summed E-state index contributed by atoms with van der Waals surface area (Å²) in [5.41, 5.74) is -2.07. The molecule has 0 unspecified atom stereocenters. The van der Waals surface area contributed by atoms with Gasteiger partial charge < -0.3 is 26.2 Å². The largest absolute Gasteiger partial charge is 0.387 e. The number of carbonyl (C=O) groups is 1. The Hall–Kier alpha value is -3.37. The molecule has 0 saturated carbocycles. The summed E-state index contributed by atoms with van der Waals surface area (Å²) < 4.78 is 14.2. The lowest BCUT2D eigenvalue weighted by Crippen LogP contribution is -2.42. The lowest BCUT2D eigenvalue weighted by Gasteiger charge is -2.22. The van der Waals surface area contributed by atoms with Crippen molar-refractivity contribution in [2.75, 3.05) is 17.2 Å². The summed E-state index contributed by atoms with van der Waals surface area (Å²) in [6.45, 7) is 9.46. The zero-order valence-electron chi connectivity index (χ0n) is 21.9. The van der Waals surface area contributed by atoms with Crippen LogP contribution in [0, 0.1) is 11.3 Å². The van der Waals surface area contributed by atoms with Gasteiger partial charge in [-0.25, -0.2) is 19.3 Å². The van der Waals surface area contributed by atoms with E-state index in [-0.39, 0.29) is 33.5 Å². The molecule has 3 aromatic rings. The molecule has 10 nitrogen and oxygen atoms in total. The van der Waals surface area contributed by atoms with Crippen LogP contribution in [-0.4, -0.2) is 49.4 Å². The third kappa shape index (κ3) is 8.32. The van der Waals surface area contributed by atoms with Gasteiger partial charge in [0, 0.05) is 24.7 Å². The molecule has 0 aliphatic heterocycles. The Morgan fingerprint density at radius 3 is 2.37 bits per heavy atom. The van der Waals surface area contributed by atoms with E-state index in [1.165, 1.54) is 55.9 Å². The first kappa shape index (κ1) is 30.9. The summed E-state index contributed by atoms with van der Waals surface area (Å²) in [4.78, 5) is 26.0. The summed E-state index contributed by atoms with van der Waals surface area (Å²) in [6.07, 6.45) is 2.45. The second kappa shape index (κ2) is 12.9. The Morgan fingerprint density at radius 1 is 1.13 bits per heavy atom. The highest BCUT2D eigenvalue weighted by Gasteiger charge is 2.27. The van der Waals surface area contributed by atoms with Crippen molar-refractivity contribution in [1.82, 2.24) is 20.3 Å². The van der Waals surface area contributed by atoms with E-state index in [4.69, 9.17) is 16.9 Å². The number of hydrogen-bond donors (Lipinski definition) is 5. The highest BCUT2D eigenvalue weighted by atomic mass is 35.5. The second-order valence-corrected chi connectivity index (χ2v) is 10.4. The van der Waals surface area contributed by atoms with E-state index in [1.807, 2.05) is 19.9 Å². The smallest absolute Gasteiger partial charge is 0.255 e. The Morgan fingerprint density at radius 2 is 1.82 bits per heavy atom. The number of pyridine rings is 2. The van der Waals surface area contributed by atoms with E-state index < -0.39 is 29.8 Å². The first-order chi connectivity index (χ1) is 17.8. The van der Waals surface area contributed by atoms with Crippen LogP contribution in [0.3, 0.4) is 0 Å². The number of nitrogens with one attached hydrogen (secondary N) is 3. The summed E-state index contributed by atoms with van der Waals surface area (Å²) >= 11 is 7.38. The van der Waals surface area contributed by atoms with Crippen molar-refractivity contribution in [3.05, 3.63) is 51.7 Å². The van der Waals surface area contributed by atoms with Crippen molar-refractivity contribution in [3.63, 3.8) is 0 Å². The fourth-order valence-corrected chi connectivity index (χ4v) is 3.82. The third-order valence-electron chi connectivity index (χ3n) is 4.92. The fraction of sp³-hybridized carbons (Fsp3) is 0.400. The Labute approximate surface area is 229 Å². The maximum atomic E-state index is 14.2. The van der Waals surface area contributed by atoms with E-state index in [2.05, 4.69) is 30.9 Å². The molecule has 204 valence electrons. The number of amides is 1. The molecule has 1 atom stereocenters. The number of nitriles is 1. The van der Waals surface area contributed by atoms with Crippen molar-refractivity contribution in [1.29, 1.82) is 5.26 Å². The van der Waals surface area contributed by atoms with Crippen LogP contribution in [0.1, 0.15) is 62.3 Å². The minimum Gasteiger partial charge on any atom is -0.387 e. The number of aliphatic hydroxyl groups is 2. The zero-order valence-corrected chi connectivity index (χ0v) is 23.5. The van der Waals surface area contributed by atoms with Gasteiger partial charge in [0.2, 0.25) is 0 Å². The molecule has 0 saturated heterocycles. The number of thiazole rings is 1. The van der Waals surface area contributed by atoms with Crippen molar-refractivity contribution in [2.45, 2.75) is 58.9 Å². The fourth-order valence-electron chi connectivity index (χ4n) is 2.78. The minimum atomic E-state index is -1.69. The molecule has 0 aliphatic rings. The first-order valence-corrected chi connectivity index (χ1v) is 12.9. The lowest BCUT2D eigenvalue weighted by atomic mass is 10.0. The average molecular weight is 564 g/mol. The van der Waals surface area contributed by atoms with Crippen LogP contribution < -0.4 is 16.0 Å². The molecule has 0 bridgehead atoms. The van der Waals surface area contributed by atoms with E-state index in [0.717, 1.165) is 0 Å². The van der Waals surface area contributed by atoms with Crippen LogP contribution in [0.4, 0.5) is 26.8 Å². The molecular weight excluding hydrogens is 533 g/mol. The topological polar surface area (TPSA) is 156 Å². The van der Waals surface area contributed by atoms with Gasteiger partial charge in [0.25, 0.3) is 5.91 Å². The Bertz CT molecular complexity index is 1300. The van der Waals surface area contributed by atoms with Gasteiger partial charge in [-0.2, -0.15) is 5.26 Å². The summed E-state index contributed by atoms with van der Waals surface area (Å²) in [5, 5.41) is 38.0. The van der Waals surface area contributed by atoms with E-state index in [1.54, 1.807) is 13.8 Å². The third-order valence-corrected chi connectivity index (χ3v) is 6.44. The number of rotatable bonds is 9. The van der Waals surface area contributed by atoms with Gasteiger partial charge in [0.05, 0.1) is 44.5 Å². The normalized spacial score (nSPS) is 12.0. The Balaban J connectivity index is 0.00000247. The molecular formula is C25H31ClFN7O3S. The average Bonchev–Trinajstić information content (AvgIpc) is 3.33. The van der Waals surface area contributed by atoms with Gasteiger partial charge in [0.1, 0.15) is 23.9 Å². The molecule has 3 rings (SSSR count). The van der Waals surface area contributed by atoms with Crippen molar-refractivity contribution in [2.24, 2.45) is 0 Å². The van der Waals surface area contributed by atoms with Crippen LogP contribution in [-0.2, 0) is 5.60 Å². The zero-order chi connectivity index (χ0) is 28.7. The molecule has 0 aliphatic carbocycles. The number of hydrogen-bond acceptors (Lipinski definition) is 10. The lowest BCUT2D eigenvalue weighted by molar-refractivity contribution is -0.00177. The van der Waals surface area contributed by atoms with Crippen LogP contribution >= 0.6 is 22.9 Å². The minimum absolute atomic E-state index is 0.0855. The van der Waals surface area contributed by atoms with Crippen molar-refractivity contribution >= 4 is 51.3 Å². The number of alkyl halides is 1. The number of halogens is 2. The van der Waals surface area contributed by atoms with Gasteiger partial charge in [0.15, 0.2) is 5.13 Å². The van der Waals surface area contributed by atoms with E-state index in [0.29, 0.717) is 10.0 Å². The molecule has 5 N–H and O–H groups in total. The van der Waals surface area contributed by atoms with E-state index in [9.17, 15) is 19.4 Å². The van der Waals surface area contributed by atoms with Crippen LogP contribution in [0.15, 0.2) is 30.7 Å². The number of nitrogens with zero attached hydrogens (tertiary/aromatic N) is 4. The van der Waals surface area contributed by atoms with E-state index >= 15 is 0 Å². The van der Waals surface area contributed by atoms with Gasteiger partial charge in [-0.3, -0.25) is 4.79 Å². The molecule has 38 heavy (non-hydrogen) atoms. The van der Waals surface area contributed by atoms with Crippen LogP contribution in [0.5, 0.6) is 0 Å². The highest BCUT2D eigenvalue weighted by Crippen LogP contribution is 2.32. The molecule has 3 heterocycles. The molecule has 0 radical (unpaired) electrons. The number of aromatic nitrogens is 3.